The maximum atomic E-state index is 13.3. The molecule has 2 aliphatic heterocycles. The molecule has 27 heavy (non-hydrogen) atoms. The normalized spacial score (nSPS) is 27.4. The van der Waals surface area contributed by atoms with Crippen molar-refractivity contribution in [3.63, 3.8) is 0 Å². The van der Waals surface area contributed by atoms with Gasteiger partial charge in [-0.3, -0.25) is 4.79 Å². The highest BCUT2D eigenvalue weighted by Crippen LogP contribution is 2.50. The zero-order chi connectivity index (χ0) is 19.4. The average Bonchev–Trinajstić information content (AvgIpc) is 3.17. The van der Waals surface area contributed by atoms with Crippen LogP contribution in [0, 0.1) is 11.3 Å². The fourth-order valence-electron chi connectivity index (χ4n) is 5.01. The minimum absolute atomic E-state index is 0.00371. The summed E-state index contributed by atoms with van der Waals surface area (Å²) in [5, 5.41) is 9.31. The van der Waals surface area contributed by atoms with Gasteiger partial charge in [-0.1, -0.05) is 12.5 Å². The number of carbonyl (C=O) groups excluding carboxylic acids is 1. The van der Waals surface area contributed by atoms with Crippen LogP contribution in [-0.2, 0) is 23.9 Å². The average molecular weight is 382 g/mol. The van der Waals surface area contributed by atoms with Crippen molar-refractivity contribution in [3.8, 4) is 0 Å². The van der Waals surface area contributed by atoms with Crippen molar-refractivity contribution < 1.29 is 27.9 Å². The third-order valence-electron chi connectivity index (χ3n) is 6.40. The van der Waals surface area contributed by atoms with Crippen molar-refractivity contribution in [1.29, 1.82) is 0 Å². The number of carboxylic acid groups (broad SMARTS) is 1. The van der Waals surface area contributed by atoms with E-state index >= 15 is 0 Å². The second-order valence-electron chi connectivity index (χ2n) is 7.87. The number of likely N-dealkylation sites (tertiary alicyclic amines) is 1. The van der Waals surface area contributed by atoms with E-state index in [1.165, 1.54) is 11.0 Å². The number of halogens is 3. The van der Waals surface area contributed by atoms with Gasteiger partial charge in [-0.2, -0.15) is 13.2 Å². The second-order valence-corrected chi connectivity index (χ2v) is 7.87. The van der Waals surface area contributed by atoms with Crippen molar-refractivity contribution in [1.82, 2.24) is 9.80 Å². The standard InChI is InChI=1S/C19H21F3N2O3/c20-19(21,22)14-4-3-12-5-7-23(9-13(12)8-14)16(25)18-6-1-2-15(18)10-24(11-18)17(26)27/h3-4,8,15H,1-2,5-7,9-11H2,(H,26,27). The molecule has 2 amide bonds. The molecular formula is C19H21F3N2O3. The van der Waals surface area contributed by atoms with Crippen molar-refractivity contribution >= 4 is 12.0 Å². The number of carbonyl (C=O) groups is 2. The fraction of sp³-hybridized carbons (Fsp3) is 0.579. The van der Waals surface area contributed by atoms with E-state index in [-0.39, 0.29) is 24.9 Å². The summed E-state index contributed by atoms with van der Waals surface area (Å²) in [6.07, 6.45) is -2.57. The van der Waals surface area contributed by atoms with Gasteiger partial charge in [-0.05, 0) is 48.4 Å². The number of hydrogen-bond acceptors (Lipinski definition) is 2. The number of hydrogen-bond donors (Lipinski definition) is 1. The Morgan fingerprint density at radius 2 is 1.96 bits per heavy atom. The van der Waals surface area contributed by atoms with Crippen LogP contribution < -0.4 is 0 Å². The monoisotopic (exact) mass is 382 g/mol. The fourth-order valence-corrected chi connectivity index (χ4v) is 5.01. The molecule has 0 aromatic heterocycles. The molecule has 4 rings (SSSR count). The molecule has 1 aromatic carbocycles. The number of benzene rings is 1. The Labute approximate surface area is 154 Å². The summed E-state index contributed by atoms with van der Waals surface area (Å²) in [5.74, 6) is -0.0965. The van der Waals surface area contributed by atoms with E-state index in [4.69, 9.17) is 0 Å². The maximum Gasteiger partial charge on any atom is 0.416 e. The molecule has 0 spiro atoms. The predicted molar refractivity (Wildman–Crippen MR) is 89.9 cm³/mol. The van der Waals surface area contributed by atoms with Crippen LogP contribution in [0.3, 0.4) is 0 Å². The van der Waals surface area contributed by atoms with Crippen LogP contribution >= 0.6 is 0 Å². The Bertz CT molecular complexity index is 795. The van der Waals surface area contributed by atoms with Crippen LogP contribution in [0.25, 0.3) is 0 Å². The Morgan fingerprint density at radius 3 is 2.67 bits per heavy atom. The first-order valence-electron chi connectivity index (χ1n) is 9.17. The molecule has 1 aliphatic carbocycles. The predicted octanol–water partition coefficient (Wildman–Crippen LogP) is 3.37. The Morgan fingerprint density at radius 1 is 1.19 bits per heavy atom. The molecule has 146 valence electrons. The zero-order valence-corrected chi connectivity index (χ0v) is 14.8. The highest BCUT2D eigenvalue weighted by molar-refractivity contribution is 5.85. The first-order chi connectivity index (χ1) is 12.7. The number of amides is 2. The van der Waals surface area contributed by atoms with Crippen molar-refractivity contribution in [2.75, 3.05) is 19.6 Å². The van der Waals surface area contributed by atoms with E-state index < -0.39 is 23.2 Å². The maximum absolute atomic E-state index is 13.3. The van der Waals surface area contributed by atoms with Gasteiger partial charge in [0.1, 0.15) is 0 Å². The van der Waals surface area contributed by atoms with Gasteiger partial charge in [0.15, 0.2) is 0 Å². The first kappa shape index (κ1) is 18.1. The Hall–Kier alpha value is -2.25. The number of fused-ring (bicyclic) bond motifs is 2. The highest BCUT2D eigenvalue weighted by atomic mass is 19.4. The van der Waals surface area contributed by atoms with E-state index in [2.05, 4.69) is 0 Å². The minimum atomic E-state index is -4.41. The van der Waals surface area contributed by atoms with E-state index in [0.717, 1.165) is 30.5 Å². The van der Waals surface area contributed by atoms with Crippen molar-refractivity contribution in [2.45, 2.75) is 38.4 Å². The second kappa shape index (κ2) is 6.14. The molecule has 0 radical (unpaired) electrons. The summed E-state index contributed by atoms with van der Waals surface area (Å²) >= 11 is 0. The third kappa shape index (κ3) is 2.95. The number of nitrogens with zero attached hydrogens (tertiary/aromatic N) is 2. The summed E-state index contributed by atoms with van der Waals surface area (Å²) in [7, 11) is 0. The van der Waals surface area contributed by atoms with Crippen LogP contribution in [0.2, 0.25) is 0 Å². The number of alkyl halides is 3. The van der Waals surface area contributed by atoms with Crippen LogP contribution in [0.5, 0.6) is 0 Å². The molecule has 5 nitrogen and oxygen atoms in total. The molecule has 2 fully saturated rings. The topological polar surface area (TPSA) is 60.9 Å². The summed E-state index contributed by atoms with van der Waals surface area (Å²) in [6, 6.07) is 3.72. The van der Waals surface area contributed by atoms with Gasteiger partial charge < -0.3 is 14.9 Å². The van der Waals surface area contributed by atoms with Gasteiger partial charge in [-0.25, -0.2) is 4.79 Å². The molecule has 2 unspecified atom stereocenters. The molecule has 1 N–H and O–H groups in total. The molecule has 0 bridgehead atoms. The third-order valence-corrected chi connectivity index (χ3v) is 6.40. The molecule has 1 aromatic rings. The zero-order valence-electron chi connectivity index (χ0n) is 14.8. The molecule has 1 saturated carbocycles. The summed E-state index contributed by atoms with van der Waals surface area (Å²) < 4.78 is 39.0. The largest absolute Gasteiger partial charge is 0.465 e. The molecule has 3 aliphatic rings. The lowest BCUT2D eigenvalue weighted by atomic mass is 9.78. The lowest BCUT2D eigenvalue weighted by Gasteiger charge is -2.37. The van der Waals surface area contributed by atoms with Gasteiger partial charge in [-0.15, -0.1) is 0 Å². The van der Waals surface area contributed by atoms with Gasteiger partial charge in [0.25, 0.3) is 0 Å². The Kier molecular flexibility index (Phi) is 4.12. The van der Waals surface area contributed by atoms with Gasteiger partial charge in [0.2, 0.25) is 5.91 Å². The molecule has 2 heterocycles. The minimum Gasteiger partial charge on any atom is -0.465 e. The molecular weight excluding hydrogens is 361 g/mol. The van der Waals surface area contributed by atoms with Crippen molar-refractivity contribution in [2.24, 2.45) is 11.3 Å². The van der Waals surface area contributed by atoms with Crippen LogP contribution in [-0.4, -0.2) is 46.5 Å². The van der Waals surface area contributed by atoms with E-state index in [1.54, 1.807) is 4.90 Å². The van der Waals surface area contributed by atoms with Gasteiger partial charge in [0.05, 0.1) is 11.0 Å². The van der Waals surface area contributed by atoms with Gasteiger partial charge in [0, 0.05) is 26.2 Å². The highest BCUT2D eigenvalue weighted by Gasteiger charge is 2.56. The van der Waals surface area contributed by atoms with Gasteiger partial charge >= 0.3 is 12.3 Å². The smallest absolute Gasteiger partial charge is 0.416 e. The molecule has 2 atom stereocenters. The van der Waals surface area contributed by atoms with Crippen LogP contribution in [0.4, 0.5) is 18.0 Å². The molecule has 1 saturated heterocycles. The lowest BCUT2D eigenvalue weighted by Crippen LogP contribution is -2.48. The summed E-state index contributed by atoms with van der Waals surface area (Å²) in [4.78, 5) is 27.6. The quantitative estimate of drug-likeness (QED) is 0.810. The summed E-state index contributed by atoms with van der Waals surface area (Å²) in [5.41, 5.74) is -0.0442. The molecule has 8 heteroatoms. The van der Waals surface area contributed by atoms with Crippen molar-refractivity contribution in [3.05, 3.63) is 34.9 Å². The number of rotatable bonds is 1. The first-order valence-corrected chi connectivity index (χ1v) is 9.17. The van der Waals surface area contributed by atoms with Crippen LogP contribution in [0.15, 0.2) is 18.2 Å². The Balaban J connectivity index is 1.58. The lowest BCUT2D eigenvalue weighted by molar-refractivity contribution is -0.143. The SMILES string of the molecule is O=C(O)N1CC2CCCC2(C(=O)N2CCc3ccc(C(F)(F)F)cc3C2)C1. The van der Waals surface area contributed by atoms with Crippen LogP contribution in [0.1, 0.15) is 36.0 Å². The van der Waals surface area contributed by atoms with E-state index in [9.17, 15) is 27.9 Å². The van der Waals surface area contributed by atoms with E-state index in [1.807, 2.05) is 0 Å². The van der Waals surface area contributed by atoms with E-state index in [0.29, 0.717) is 31.5 Å². The summed E-state index contributed by atoms with van der Waals surface area (Å²) in [6.45, 7) is 1.17.